The van der Waals surface area contributed by atoms with E-state index in [1.54, 1.807) is 36.6 Å². The molecule has 0 unspecified atom stereocenters. The number of ketones is 1. The van der Waals surface area contributed by atoms with Gasteiger partial charge in [0.05, 0.1) is 18.2 Å². The van der Waals surface area contributed by atoms with Crippen LogP contribution >= 0.6 is 11.3 Å². The van der Waals surface area contributed by atoms with Crippen molar-refractivity contribution in [1.29, 1.82) is 5.26 Å². The SMILES string of the molecule is CCCOc1ccc(C(=O)OCC(=O)[C@@H](C#N)c2nc(C)cs2)cc1. The Morgan fingerprint density at radius 2 is 2.04 bits per heavy atom. The maximum atomic E-state index is 12.1. The summed E-state index contributed by atoms with van der Waals surface area (Å²) in [6.07, 6.45) is 0.893. The number of nitrogens with zero attached hydrogens (tertiary/aromatic N) is 2. The minimum atomic E-state index is -1.02. The topological polar surface area (TPSA) is 89.3 Å². The second-order valence-electron chi connectivity index (χ2n) is 5.30. The number of aromatic nitrogens is 1. The molecular weight excluding hydrogens is 340 g/mol. The molecular formula is C18H18N2O4S. The van der Waals surface area contributed by atoms with Crippen LogP contribution < -0.4 is 4.74 Å². The van der Waals surface area contributed by atoms with Gasteiger partial charge in [0, 0.05) is 11.1 Å². The molecule has 130 valence electrons. The molecule has 1 heterocycles. The lowest BCUT2D eigenvalue weighted by Crippen LogP contribution is -2.19. The summed E-state index contributed by atoms with van der Waals surface area (Å²) in [6.45, 7) is 3.92. The first kappa shape index (κ1) is 18.6. The van der Waals surface area contributed by atoms with E-state index in [4.69, 9.17) is 9.47 Å². The lowest BCUT2D eigenvalue weighted by atomic mass is 10.1. The van der Waals surface area contributed by atoms with Crippen LogP contribution in [0.25, 0.3) is 0 Å². The Kier molecular flexibility index (Phi) is 6.66. The van der Waals surface area contributed by atoms with Crippen LogP contribution in [0.15, 0.2) is 29.6 Å². The number of benzene rings is 1. The van der Waals surface area contributed by atoms with Gasteiger partial charge in [-0.05, 0) is 37.6 Å². The van der Waals surface area contributed by atoms with Crippen LogP contribution in [0.3, 0.4) is 0 Å². The Bertz CT molecular complexity index is 777. The van der Waals surface area contributed by atoms with E-state index in [9.17, 15) is 14.9 Å². The summed E-state index contributed by atoms with van der Waals surface area (Å²) in [4.78, 5) is 28.3. The standard InChI is InChI=1S/C18H18N2O4S/c1-3-8-23-14-6-4-13(5-7-14)18(22)24-10-16(21)15(9-19)17-20-12(2)11-25-17/h4-7,11,15H,3,8,10H2,1-2H3/t15-/m1/s1. The van der Waals surface area contributed by atoms with E-state index in [2.05, 4.69) is 4.98 Å². The molecule has 0 bridgehead atoms. The van der Waals surface area contributed by atoms with Gasteiger partial charge in [0.2, 0.25) is 0 Å². The fourth-order valence-electron chi connectivity index (χ4n) is 1.98. The van der Waals surface area contributed by atoms with Crippen molar-refractivity contribution in [2.75, 3.05) is 13.2 Å². The lowest BCUT2D eigenvalue weighted by molar-refractivity contribution is -0.122. The first-order chi connectivity index (χ1) is 12.0. The maximum Gasteiger partial charge on any atom is 0.338 e. The van der Waals surface area contributed by atoms with Gasteiger partial charge in [-0.15, -0.1) is 11.3 Å². The molecule has 0 fully saturated rings. The lowest BCUT2D eigenvalue weighted by Gasteiger charge is -2.08. The van der Waals surface area contributed by atoms with Crippen molar-refractivity contribution < 1.29 is 19.1 Å². The van der Waals surface area contributed by atoms with E-state index in [1.807, 2.05) is 13.0 Å². The number of esters is 1. The Balaban J connectivity index is 1.92. The number of hydrogen-bond donors (Lipinski definition) is 0. The van der Waals surface area contributed by atoms with E-state index in [0.29, 0.717) is 22.9 Å². The van der Waals surface area contributed by atoms with Gasteiger partial charge in [-0.2, -0.15) is 5.26 Å². The summed E-state index contributed by atoms with van der Waals surface area (Å²) in [6, 6.07) is 8.40. The fourth-order valence-corrected chi connectivity index (χ4v) is 2.84. The van der Waals surface area contributed by atoms with Gasteiger partial charge < -0.3 is 9.47 Å². The van der Waals surface area contributed by atoms with E-state index < -0.39 is 24.3 Å². The summed E-state index contributed by atoms with van der Waals surface area (Å²) < 4.78 is 10.5. The molecule has 6 nitrogen and oxygen atoms in total. The second kappa shape index (κ2) is 8.94. The average molecular weight is 358 g/mol. The summed E-state index contributed by atoms with van der Waals surface area (Å²) in [5.74, 6) is -1.47. The third-order valence-electron chi connectivity index (χ3n) is 3.24. The van der Waals surface area contributed by atoms with Gasteiger partial charge in [0.15, 0.2) is 18.3 Å². The molecule has 25 heavy (non-hydrogen) atoms. The van der Waals surface area contributed by atoms with Crippen molar-refractivity contribution in [1.82, 2.24) is 4.98 Å². The molecule has 0 aliphatic carbocycles. The first-order valence-electron chi connectivity index (χ1n) is 7.79. The van der Waals surface area contributed by atoms with Crippen LogP contribution in [-0.4, -0.2) is 30.0 Å². The van der Waals surface area contributed by atoms with Crippen LogP contribution in [-0.2, 0) is 9.53 Å². The van der Waals surface area contributed by atoms with Gasteiger partial charge >= 0.3 is 5.97 Å². The summed E-state index contributed by atoms with van der Waals surface area (Å²) in [7, 11) is 0. The third kappa shape index (κ3) is 5.13. The van der Waals surface area contributed by atoms with Gasteiger partial charge in [-0.3, -0.25) is 4.79 Å². The maximum absolute atomic E-state index is 12.1. The quantitative estimate of drug-likeness (QED) is 0.673. The summed E-state index contributed by atoms with van der Waals surface area (Å²) >= 11 is 1.24. The van der Waals surface area contributed by atoms with Crippen molar-refractivity contribution >= 4 is 23.1 Å². The molecule has 0 aliphatic heterocycles. The molecule has 0 amide bonds. The number of nitriles is 1. The highest BCUT2D eigenvalue weighted by Crippen LogP contribution is 2.21. The van der Waals surface area contributed by atoms with Crippen LogP contribution in [0.4, 0.5) is 0 Å². The van der Waals surface area contributed by atoms with Crippen LogP contribution in [0.5, 0.6) is 5.75 Å². The second-order valence-corrected chi connectivity index (χ2v) is 6.19. The molecule has 0 saturated heterocycles. The zero-order valence-corrected chi connectivity index (χ0v) is 14.8. The van der Waals surface area contributed by atoms with E-state index in [1.165, 1.54) is 11.3 Å². The molecule has 1 aromatic carbocycles. The van der Waals surface area contributed by atoms with Crippen molar-refractivity contribution in [3.05, 3.63) is 45.9 Å². The highest BCUT2D eigenvalue weighted by Gasteiger charge is 2.24. The van der Waals surface area contributed by atoms with Crippen molar-refractivity contribution in [2.45, 2.75) is 26.2 Å². The predicted octanol–water partition coefficient (Wildman–Crippen LogP) is 3.27. The number of hydrogen-bond acceptors (Lipinski definition) is 7. The van der Waals surface area contributed by atoms with Gasteiger partial charge in [0.1, 0.15) is 10.8 Å². The predicted molar refractivity (Wildman–Crippen MR) is 92.7 cm³/mol. The molecule has 1 atom stereocenters. The Morgan fingerprint density at radius 1 is 1.32 bits per heavy atom. The Hall–Kier alpha value is -2.72. The Labute approximate surface area is 150 Å². The van der Waals surface area contributed by atoms with Crippen LogP contribution in [0, 0.1) is 18.3 Å². The monoisotopic (exact) mass is 358 g/mol. The Morgan fingerprint density at radius 3 is 2.60 bits per heavy atom. The number of rotatable bonds is 8. The van der Waals surface area contributed by atoms with Crippen molar-refractivity contribution in [2.24, 2.45) is 0 Å². The molecule has 0 radical (unpaired) electrons. The van der Waals surface area contributed by atoms with Gasteiger partial charge in [-0.1, -0.05) is 6.92 Å². The molecule has 0 N–H and O–H groups in total. The van der Waals surface area contributed by atoms with Gasteiger partial charge in [0.25, 0.3) is 0 Å². The van der Waals surface area contributed by atoms with E-state index in [-0.39, 0.29) is 0 Å². The van der Waals surface area contributed by atoms with Crippen LogP contribution in [0.2, 0.25) is 0 Å². The zero-order chi connectivity index (χ0) is 18.2. The number of aryl methyl sites for hydroxylation is 1. The molecule has 0 spiro atoms. The zero-order valence-electron chi connectivity index (χ0n) is 14.0. The average Bonchev–Trinajstić information content (AvgIpc) is 3.05. The molecule has 2 aromatic rings. The summed E-state index contributed by atoms with van der Waals surface area (Å²) in [5.41, 5.74) is 1.06. The number of ether oxygens (including phenoxy) is 2. The molecule has 1 aromatic heterocycles. The number of thiazole rings is 1. The first-order valence-corrected chi connectivity index (χ1v) is 8.67. The van der Waals surface area contributed by atoms with Gasteiger partial charge in [-0.25, -0.2) is 9.78 Å². The highest BCUT2D eigenvalue weighted by atomic mass is 32.1. The molecule has 2 rings (SSSR count). The number of carbonyl (C=O) groups excluding carboxylic acids is 2. The van der Waals surface area contributed by atoms with E-state index >= 15 is 0 Å². The minimum Gasteiger partial charge on any atom is -0.494 e. The normalized spacial score (nSPS) is 11.4. The highest BCUT2D eigenvalue weighted by molar-refractivity contribution is 7.09. The smallest absolute Gasteiger partial charge is 0.338 e. The summed E-state index contributed by atoms with van der Waals surface area (Å²) in [5, 5.41) is 11.4. The van der Waals surface area contributed by atoms with Crippen molar-refractivity contribution in [3.63, 3.8) is 0 Å². The largest absolute Gasteiger partial charge is 0.494 e. The van der Waals surface area contributed by atoms with Crippen LogP contribution in [0.1, 0.15) is 40.3 Å². The van der Waals surface area contributed by atoms with E-state index in [0.717, 1.165) is 12.1 Å². The molecule has 0 saturated carbocycles. The third-order valence-corrected chi connectivity index (χ3v) is 4.27. The number of carbonyl (C=O) groups is 2. The minimum absolute atomic E-state index is 0.315. The number of Topliss-reactive ketones (excluding diaryl/α,β-unsaturated/α-hetero) is 1. The molecule has 7 heteroatoms. The molecule has 0 aliphatic rings. The van der Waals surface area contributed by atoms with Crippen molar-refractivity contribution in [3.8, 4) is 11.8 Å². The fraction of sp³-hybridized carbons (Fsp3) is 0.333.